The summed E-state index contributed by atoms with van der Waals surface area (Å²) in [5.41, 5.74) is 7.38. The first-order valence-electron chi connectivity index (χ1n) is 5.73. The van der Waals surface area contributed by atoms with Crippen LogP contribution in [0.5, 0.6) is 0 Å². The van der Waals surface area contributed by atoms with Gasteiger partial charge in [0.05, 0.1) is 5.02 Å². The van der Waals surface area contributed by atoms with E-state index in [2.05, 4.69) is 0 Å². The van der Waals surface area contributed by atoms with Crippen molar-refractivity contribution < 1.29 is 4.79 Å². The van der Waals surface area contributed by atoms with E-state index in [-0.39, 0.29) is 5.78 Å². The fourth-order valence-electron chi connectivity index (χ4n) is 2.02. The molecule has 4 heteroatoms. The number of carbonyl (C=O) groups is 1. The molecule has 0 aliphatic heterocycles. The second-order valence-corrected chi connectivity index (χ2v) is 5.53. The first kappa shape index (κ1) is 12.2. The number of benzene rings is 2. The Bertz CT molecular complexity index is 779. The Kier molecular flexibility index (Phi) is 3.01. The van der Waals surface area contributed by atoms with E-state index in [1.54, 1.807) is 29.5 Å². The summed E-state index contributed by atoms with van der Waals surface area (Å²) >= 11 is 7.64. The van der Waals surface area contributed by atoms with Gasteiger partial charge in [-0.25, -0.2) is 0 Å². The van der Waals surface area contributed by atoms with Gasteiger partial charge in [0.2, 0.25) is 0 Å². The van der Waals surface area contributed by atoms with Crippen LogP contribution in [0.4, 0.5) is 5.69 Å². The normalized spacial score (nSPS) is 10.8. The molecule has 0 bridgehead atoms. The number of anilines is 1. The highest BCUT2D eigenvalue weighted by molar-refractivity contribution is 7.17. The van der Waals surface area contributed by atoms with Crippen LogP contribution in [0.15, 0.2) is 47.8 Å². The van der Waals surface area contributed by atoms with E-state index >= 15 is 0 Å². The lowest BCUT2D eigenvalue weighted by molar-refractivity contribution is 0.104. The quantitative estimate of drug-likeness (QED) is 0.562. The molecule has 0 aliphatic carbocycles. The Hall–Kier alpha value is -1.84. The van der Waals surface area contributed by atoms with Crippen molar-refractivity contribution in [3.63, 3.8) is 0 Å². The molecule has 3 aromatic rings. The van der Waals surface area contributed by atoms with Gasteiger partial charge in [0.25, 0.3) is 0 Å². The SMILES string of the molecule is Nc1ccc(Cl)c(C(=O)c2csc3ccccc23)c1. The summed E-state index contributed by atoms with van der Waals surface area (Å²) in [5.74, 6) is -0.0882. The van der Waals surface area contributed by atoms with E-state index in [0.29, 0.717) is 21.8 Å². The molecule has 0 fully saturated rings. The van der Waals surface area contributed by atoms with Crippen molar-refractivity contribution in [2.45, 2.75) is 0 Å². The number of hydrogen-bond donors (Lipinski definition) is 1. The average Bonchev–Trinajstić information content (AvgIpc) is 2.84. The highest BCUT2D eigenvalue weighted by Gasteiger charge is 2.16. The van der Waals surface area contributed by atoms with Gasteiger partial charge in [0, 0.05) is 32.3 Å². The van der Waals surface area contributed by atoms with Crippen LogP contribution in [0, 0.1) is 0 Å². The van der Waals surface area contributed by atoms with Crippen LogP contribution in [-0.2, 0) is 0 Å². The van der Waals surface area contributed by atoms with Crippen LogP contribution in [0.3, 0.4) is 0 Å². The Morgan fingerprint density at radius 2 is 1.89 bits per heavy atom. The fraction of sp³-hybridized carbons (Fsp3) is 0. The molecule has 2 N–H and O–H groups in total. The minimum atomic E-state index is -0.0882. The van der Waals surface area contributed by atoms with Gasteiger partial charge < -0.3 is 5.73 Å². The van der Waals surface area contributed by atoms with E-state index in [1.165, 1.54) is 0 Å². The predicted octanol–water partition coefficient (Wildman–Crippen LogP) is 4.37. The van der Waals surface area contributed by atoms with Gasteiger partial charge in [-0.2, -0.15) is 0 Å². The summed E-state index contributed by atoms with van der Waals surface area (Å²) in [7, 11) is 0. The maximum Gasteiger partial charge on any atom is 0.196 e. The maximum absolute atomic E-state index is 12.6. The highest BCUT2D eigenvalue weighted by Crippen LogP contribution is 2.30. The van der Waals surface area contributed by atoms with Gasteiger partial charge in [-0.15, -0.1) is 11.3 Å². The predicted molar refractivity (Wildman–Crippen MR) is 81.1 cm³/mol. The number of fused-ring (bicyclic) bond motifs is 1. The molecule has 0 unspecified atom stereocenters. The molecule has 19 heavy (non-hydrogen) atoms. The first-order valence-corrected chi connectivity index (χ1v) is 6.98. The number of ketones is 1. The smallest absolute Gasteiger partial charge is 0.196 e. The summed E-state index contributed by atoms with van der Waals surface area (Å²) in [4.78, 5) is 12.6. The zero-order valence-corrected chi connectivity index (χ0v) is 11.5. The fourth-order valence-corrected chi connectivity index (χ4v) is 3.16. The van der Waals surface area contributed by atoms with Gasteiger partial charge in [-0.05, 0) is 24.3 Å². The zero-order chi connectivity index (χ0) is 13.4. The van der Waals surface area contributed by atoms with Gasteiger partial charge in [-0.3, -0.25) is 4.79 Å². The summed E-state index contributed by atoms with van der Waals surface area (Å²) < 4.78 is 1.09. The lowest BCUT2D eigenvalue weighted by atomic mass is 10.0. The van der Waals surface area contributed by atoms with Gasteiger partial charge in [0.15, 0.2) is 5.78 Å². The van der Waals surface area contributed by atoms with Crippen LogP contribution in [0.25, 0.3) is 10.1 Å². The van der Waals surface area contributed by atoms with Crippen molar-refractivity contribution >= 4 is 44.5 Å². The summed E-state index contributed by atoms with van der Waals surface area (Å²) in [5, 5.41) is 3.25. The average molecular weight is 288 g/mol. The third-order valence-electron chi connectivity index (χ3n) is 2.96. The minimum Gasteiger partial charge on any atom is -0.399 e. The van der Waals surface area contributed by atoms with Crippen LogP contribution in [0.1, 0.15) is 15.9 Å². The van der Waals surface area contributed by atoms with E-state index in [1.807, 2.05) is 29.6 Å². The van der Waals surface area contributed by atoms with Crippen molar-refractivity contribution in [1.29, 1.82) is 0 Å². The van der Waals surface area contributed by atoms with Gasteiger partial charge in [-0.1, -0.05) is 29.8 Å². The van der Waals surface area contributed by atoms with E-state index in [4.69, 9.17) is 17.3 Å². The lowest BCUT2D eigenvalue weighted by Crippen LogP contribution is -2.02. The molecule has 94 valence electrons. The molecule has 0 saturated carbocycles. The Morgan fingerprint density at radius 3 is 2.74 bits per heavy atom. The van der Waals surface area contributed by atoms with E-state index < -0.39 is 0 Å². The largest absolute Gasteiger partial charge is 0.399 e. The molecule has 2 aromatic carbocycles. The molecule has 0 saturated heterocycles. The van der Waals surface area contributed by atoms with Crippen LogP contribution < -0.4 is 5.73 Å². The molecule has 0 radical (unpaired) electrons. The molecule has 0 spiro atoms. The maximum atomic E-state index is 12.6. The third kappa shape index (κ3) is 2.11. The van der Waals surface area contributed by atoms with Crippen LogP contribution in [0.2, 0.25) is 5.02 Å². The summed E-state index contributed by atoms with van der Waals surface area (Å²) in [6, 6.07) is 12.8. The summed E-state index contributed by atoms with van der Waals surface area (Å²) in [6.45, 7) is 0. The Morgan fingerprint density at radius 1 is 1.11 bits per heavy atom. The van der Waals surface area contributed by atoms with Crippen LogP contribution >= 0.6 is 22.9 Å². The molecule has 0 atom stereocenters. The first-order chi connectivity index (χ1) is 9.16. The van der Waals surface area contributed by atoms with Crippen molar-refractivity contribution in [3.8, 4) is 0 Å². The number of rotatable bonds is 2. The number of nitrogen functional groups attached to an aromatic ring is 1. The topological polar surface area (TPSA) is 43.1 Å². The van der Waals surface area contributed by atoms with Crippen molar-refractivity contribution in [2.75, 3.05) is 5.73 Å². The molecule has 0 aliphatic rings. The monoisotopic (exact) mass is 287 g/mol. The zero-order valence-electron chi connectivity index (χ0n) is 9.89. The third-order valence-corrected chi connectivity index (χ3v) is 4.25. The van der Waals surface area contributed by atoms with Crippen molar-refractivity contribution in [3.05, 3.63) is 64.0 Å². The second kappa shape index (κ2) is 4.68. The standard InChI is InChI=1S/C15H10ClNOS/c16-13-6-5-9(17)7-11(13)15(18)12-8-19-14-4-2-1-3-10(12)14/h1-8H,17H2. The van der Waals surface area contributed by atoms with Crippen LogP contribution in [-0.4, -0.2) is 5.78 Å². The number of hydrogen-bond acceptors (Lipinski definition) is 3. The molecule has 3 rings (SSSR count). The van der Waals surface area contributed by atoms with E-state index in [9.17, 15) is 4.79 Å². The number of nitrogens with two attached hydrogens (primary N) is 1. The molecular formula is C15H10ClNOS. The minimum absolute atomic E-state index is 0.0882. The molecule has 1 heterocycles. The molecular weight excluding hydrogens is 278 g/mol. The Labute approximate surface area is 119 Å². The summed E-state index contributed by atoms with van der Waals surface area (Å²) in [6.07, 6.45) is 0. The number of carbonyl (C=O) groups excluding carboxylic acids is 1. The molecule has 1 aromatic heterocycles. The lowest BCUT2D eigenvalue weighted by Gasteiger charge is -2.04. The highest BCUT2D eigenvalue weighted by atomic mass is 35.5. The van der Waals surface area contributed by atoms with Gasteiger partial charge in [0.1, 0.15) is 0 Å². The van der Waals surface area contributed by atoms with E-state index in [0.717, 1.165) is 10.1 Å². The Balaban J connectivity index is 2.16. The number of halogens is 1. The molecule has 2 nitrogen and oxygen atoms in total. The second-order valence-electron chi connectivity index (χ2n) is 4.21. The molecule has 0 amide bonds. The van der Waals surface area contributed by atoms with Gasteiger partial charge >= 0.3 is 0 Å². The van der Waals surface area contributed by atoms with Crippen molar-refractivity contribution in [2.24, 2.45) is 0 Å². The number of thiophene rings is 1. The van der Waals surface area contributed by atoms with Crippen molar-refractivity contribution in [1.82, 2.24) is 0 Å².